The van der Waals surface area contributed by atoms with Gasteiger partial charge in [-0.25, -0.2) is 19.9 Å². The van der Waals surface area contributed by atoms with Gasteiger partial charge in [0.25, 0.3) is 0 Å². The molecule has 0 spiro atoms. The van der Waals surface area contributed by atoms with Crippen LogP contribution in [0.5, 0.6) is 0 Å². The van der Waals surface area contributed by atoms with Crippen LogP contribution in [-0.2, 0) is 0 Å². The topological polar surface area (TPSA) is 135 Å². The molecule has 0 saturated carbocycles. The Bertz CT molecular complexity index is 1440. The number of nitrogen functional groups attached to an aromatic ring is 2. The second-order valence-electron chi connectivity index (χ2n) is 7.34. The molecule has 168 valence electrons. The van der Waals surface area contributed by atoms with E-state index in [1.807, 2.05) is 48.5 Å². The van der Waals surface area contributed by atoms with E-state index >= 15 is 0 Å². The van der Waals surface area contributed by atoms with Crippen molar-refractivity contribution in [3.8, 4) is 23.0 Å². The second-order valence-corrected chi connectivity index (χ2v) is 8.15. The van der Waals surface area contributed by atoms with Gasteiger partial charge in [-0.3, -0.25) is 0 Å². The number of nitrogens with zero attached hydrogens (tertiary/aromatic N) is 4. The molecule has 0 radical (unpaired) electrons. The monoisotopic (exact) mass is 488 g/mol. The van der Waals surface area contributed by atoms with E-state index in [0.717, 1.165) is 22.1 Å². The molecule has 0 atom stereocenters. The van der Waals surface area contributed by atoms with E-state index in [4.69, 9.17) is 34.7 Å². The minimum atomic E-state index is 0.421. The number of halogens is 2. The molecule has 0 unspecified atom stereocenters. The van der Waals surface area contributed by atoms with Gasteiger partial charge in [-0.05, 0) is 48.5 Å². The van der Waals surface area contributed by atoms with Crippen LogP contribution in [0.3, 0.4) is 0 Å². The average Bonchev–Trinajstić information content (AvgIpc) is 3.47. The van der Waals surface area contributed by atoms with Gasteiger partial charge < -0.3 is 21.4 Å². The number of benzene rings is 2. The number of rotatable bonds is 2. The summed E-state index contributed by atoms with van der Waals surface area (Å²) < 4.78 is 0. The fourth-order valence-electron chi connectivity index (χ4n) is 3.38. The lowest BCUT2D eigenvalue weighted by Gasteiger charge is -2.00. The zero-order valence-electron chi connectivity index (χ0n) is 17.6. The third kappa shape index (κ3) is 4.36. The molecule has 2 aromatic carbocycles. The quantitative estimate of drug-likeness (QED) is 0.246. The summed E-state index contributed by atoms with van der Waals surface area (Å²) in [5.41, 5.74) is 16.1. The van der Waals surface area contributed by atoms with Crippen molar-refractivity contribution in [2.24, 2.45) is 0 Å². The number of pyridine rings is 2. The van der Waals surface area contributed by atoms with Crippen LogP contribution in [0.2, 0.25) is 10.0 Å². The normalized spacial score (nSPS) is 10.9. The number of anilines is 2. The van der Waals surface area contributed by atoms with E-state index in [2.05, 4.69) is 29.9 Å². The van der Waals surface area contributed by atoms with E-state index in [1.54, 1.807) is 24.3 Å². The molecule has 0 aliphatic carbocycles. The molecule has 0 bridgehead atoms. The van der Waals surface area contributed by atoms with Crippen molar-refractivity contribution in [2.75, 3.05) is 11.5 Å². The van der Waals surface area contributed by atoms with Crippen molar-refractivity contribution in [1.29, 1.82) is 0 Å². The van der Waals surface area contributed by atoms with E-state index < -0.39 is 0 Å². The zero-order valence-corrected chi connectivity index (χ0v) is 19.1. The number of H-pyrrole nitrogens is 2. The van der Waals surface area contributed by atoms with Gasteiger partial charge in [0, 0.05) is 0 Å². The number of aromatic amines is 2. The lowest BCUT2D eigenvalue weighted by atomic mass is 10.3. The number of aromatic nitrogens is 6. The van der Waals surface area contributed by atoms with E-state index in [9.17, 15) is 0 Å². The predicted molar refractivity (Wildman–Crippen MR) is 137 cm³/mol. The molecule has 6 rings (SSSR count). The number of nitrogens with one attached hydrogen (secondary N) is 2. The summed E-state index contributed by atoms with van der Waals surface area (Å²) in [5.74, 6) is 2.10. The summed E-state index contributed by atoms with van der Waals surface area (Å²) in [6.45, 7) is 0. The van der Waals surface area contributed by atoms with Gasteiger partial charge in [0.05, 0.1) is 32.1 Å². The number of para-hydroxylation sites is 4. The first-order valence-electron chi connectivity index (χ1n) is 10.2. The number of hydrogen-bond donors (Lipinski definition) is 4. The molecular weight excluding hydrogens is 471 g/mol. The first-order chi connectivity index (χ1) is 16.5. The van der Waals surface area contributed by atoms with Gasteiger partial charge in [-0.15, -0.1) is 0 Å². The highest BCUT2D eigenvalue weighted by molar-refractivity contribution is 6.33. The Morgan fingerprint density at radius 1 is 0.529 bits per heavy atom. The first-order valence-corrected chi connectivity index (χ1v) is 11.0. The van der Waals surface area contributed by atoms with Crippen molar-refractivity contribution >= 4 is 56.9 Å². The van der Waals surface area contributed by atoms with Gasteiger partial charge >= 0.3 is 0 Å². The van der Waals surface area contributed by atoms with Gasteiger partial charge in [0.1, 0.15) is 23.0 Å². The highest BCUT2D eigenvalue weighted by Gasteiger charge is 2.11. The number of imidazole rings is 2. The van der Waals surface area contributed by atoms with Crippen LogP contribution in [-0.4, -0.2) is 29.9 Å². The van der Waals surface area contributed by atoms with Crippen molar-refractivity contribution in [2.45, 2.75) is 0 Å². The molecule has 0 aliphatic rings. The zero-order chi connectivity index (χ0) is 23.7. The fourth-order valence-corrected chi connectivity index (χ4v) is 3.77. The number of nitrogens with two attached hydrogens (primary N) is 2. The average molecular weight is 489 g/mol. The van der Waals surface area contributed by atoms with Gasteiger partial charge in [-0.2, -0.15) is 0 Å². The first kappa shape index (κ1) is 21.7. The van der Waals surface area contributed by atoms with Crippen LogP contribution in [0, 0.1) is 0 Å². The van der Waals surface area contributed by atoms with Crippen molar-refractivity contribution < 1.29 is 0 Å². The second kappa shape index (κ2) is 9.01. The largest absolute Gasteiger partial charge is 0.384 e. The number of fused-ring (bicyclic) bond motifs is 2. The summed E-state index contributed by atoms with van der Waals surface area (Å²) in [5, 5.41) is 1.05. The Hall–Kier alpha value is -4.14. The molecule has 4 aromatic heterocycles. The van der Waals surface area contributed by atoms with Crippen LogP contribution < -0.4 is 11.5 Å². The molecular formula is C24H18Cl2N8. The molecule has 4 heterocycles. The fraction of sp³-hybridized carbons (Fsp3) is 0. The minimum absolute atomic E-state index is 0.421. The van der Waals surface area contributed by atoms with Gasteiger partial charge in [-0.1, -0.05) is 47.5 Å². The van der Waals surface area contributed by atoms with Crippen LogP contribution in [0.15, 0.2) is 72.8 Å². The van der Waals surface area contributed by atoms with Crippen molar-refractivity contribution in [3.05, 3.63) is 82.8 Å². The van der Waals surface area contributed by atoms with Crippen molar-refractivity contribution in [1.82, 2.24) is 29.9 Å². The summed E-state index contributed by atoms with van der Waals surface area (Å²) >= 11 is 12.2. The summed E-state index contributed by atoms with van der Waals surface area (Å²) in [6.07, 6.45) is 0. The summed E-state index contributed by atoms with van der Waals surface area (Å²) in [7, 11) is 0. The van der Waals surface area contributed by atoms with Crippen LogP contribution in [0.4, 0.5) is 11.6 Å². The molecule has 0 aliphatic heterocycles. The molecule has 0 fully saturated rings. The number of hydrogen-bond acceptors (Lipinski definition) is 6. The van der Waals surface area contributed by atoms with E-state index in [1.165, 1.54) is 0 Å². The third-order valence-corrected chi connectivity index (χ3v) is 5.57. The maximum Gasteiger partial charge on any atom is 0.158 e. The lowest BCUT2D eigenvalue weighted by molar-refractivity contribution is 1.24. The summed E-state index contributed by atoms with van der Waals surface area (Å²) in [6, 6.07) is 22.3. The SMILES string of the molecule is Nc1ccc(Cl)c(-c2nc3ccccc3[nH]2)n1.Nc1ccc(Cl)c(-c2nc3ccccc3[nH]2)n1. The minimum Gasteiger partial charge on any atom is -0.384 e. The van der Waals surface area contributed by atoms with E-state index in [-0.39, 0.29) is 0 Å². The maximum atomic E-state index is 6.08. The Morgan fingerprint density at radius 2 is 0.941 bits per heavy atom. The lowest BCUT2D eigenvalue weighted by Crippen LogP contribution is -1.93. The molecule has 0 amide bonds. The molecule has 6 N–H and O–H groups in total. The maximum absolute atomic E-state index is 6.08. The predicted octanol–water partition coefficient (Wildman–Crippen LogP) is 5.72. The Labute approximate surface area is 204 Å². The molecule has 6 aromatic rings. The standard InChI is InChI=1S/2C12H9ClN4/c2*13-7-5-6-10(14)17-11(7)12-15-8-3-1-2-4-9(8)16-12/h2*1-6H,(H2,14,17)(H,15,16). The van der Waals surface area contributed by atoms with Crippen LogP contribution in [0.25, 0.3) is 45.1 Å². The van der Waals surface area contributed by atoms with Crippen molar-refractivity contribution in [3.63, 3.8) is 0 Å². The third-order valence-electron chi connectivity index (χ3n) is 4.96. The Balaban J connectivity index is 0.000000142. The Morgan fingerprint density at radius 3 is 1.35 bits per heavy atom. The molecule has 34 heavy (non-hydrogen) atoms. The highest BCUT2D eigenvalue weighted by atomic mass is 35.5. The summed E-state index contributed by atoms with van der Waals surface area (Å²) in [4.78, 5) is 23.6. The van der Waals surface area contributed by atoms with E-state index in [0.29, 0.717) is 44.7 Å². The molecule has 10 heteroatoms. The van der Waals surface area contributed by atoms with Gasteiger partial charge in [0.2, 0.25) is 0 Å². The smallest absolute Gasteiger partial charge is 0.158 e. The van der Waals surface area contributed by atoms with Gasteiger partial charge in [0.15, 0.2) is 11.6 Å². The molecule has 8 nitrogen and oxygen atoms in total. The highest BCUT2D eigenvalue weighted by Crippen LogP contribution is 2.27. The van der Waals surface area contributed by atoms with Crippen LogP contribution in [0.1, 0.15) is 0 Å². The molecule has 0 saturated heterocycles. The van der Waals surface area contributed by atoms with Crippen LogP contribution >= 0.6 is 23.2 Å². The Kier molecular flexibility index (Phi) is 5.75.